The first-order valence-corrected chi connectivity index (χ1v) is 7.23. The largest absolute Gasteiger partial charge is 0.332 e. The molecule has 0 aromatic carbocycles. The lowest BCUT2D eigenvalue weighted by atomic mass is 10.2. The Bertz CT molecular complexity index is 766. The molecule has 0 unspecified atom stereocenters. The molecule has 0 amide bonds. The molecule has 2 rings (SSSR count). The van der Waals surface area contributed by atoms with E-state index in [0.29, 0.717) is 30.0 Å². The van der Waals surface area contributed by atoms with E-state index >= 15 is 0 Å². The van der Waals surface area contributed by atoms with E-state index < -0.39 is 0 Å². The number of hydrogen-bond acceptors (Lipinski definition) is 4. The Morgan fingerprint density at radius 3 is 2.43 bits per heavy atom. The summed E-state index contributed by atoms with van der Waals surface area (Å²) in [6, 6.07) is 0. The molecule has 0 radical (unpaired) electrons. The molecule has 2 heterocycles. The Labute approximate surface area is 123 Å². The van der Waals surface area contributed by atoms with E-state index in [-0.39, 0.29) is 11.2 Å². The number of hydrogen-bond donors (Lipinski definition) is 1. The highest BCUT2D eigenvalue weighted by atomic mass is 16.2. The Hall–Kier alpha value is -1.89. The fourth-order valence-electron chi connectivity index (χ4n) is 2.54. The predicted molar refractivity (Wildman–Crippen MR) is 82.4 cm³/mol. The van der Waals surface area contributed by atoms with E-state index in [1.165, 1.54) is 11.6 Å². The van der Waals surface area contributed by atoms with Gasteiger partial charge in [-0.25, -0.2) is 9.78 Å². The molecule has 0 aliphatic rings. The molecule has 0 spiro atoms. The molecule has 0 aliphatic carbocycles. The number of fused-ring (bicyclic) bond motifs is 1. The Morgan fingerprint density at radius 1 is 1.19 bits per heavy atom. The van der Waals surface area contributed by atoms with Gasteiger partial charge in [-0.1, -0.05) is 13.8 Å². The van der Waals surface area contributed by atoms with Gasteiger partial charge in [0.25, 0.3) is 5.56 Å². The van der Waals surface area contributed by atoms with Crippen molar-refractivity contribution in [1.82, 2.24) is 18.7 Å². The normalized spacial score (nSPS) is 11.7. The molecule has 0 aliphatic heterocycles. The standard InChI is InChI=1S/C14H23N5O2/c1-9(2)8-19-10(6-5-7-15)16-11-12(19)17(3)14(21)18(4)13(11)20/h9H,5-8,15H2,1-4H3. The van der Waals surface area contributed by atoms with Crippen molar-refractivity contribution in [3.05, 3.63) is 26.7 Å². The molecule has 2 aromatic heterocycles. The molecule has 0 saturated carbocycles. The molecule has 0 fully saturated rings. The zero-order valence-corrected chi connectivity index (χ0v) is 13.1. The van der Waals surface area contributed by atoms with Crippen molar-refractivity contribution in [2.75, 3.05) is 6.54 Å². The highest BCUT2D eigenvalue weighted by Gasteiger charge is 2.18. The average molecular weight is 293 g/mol. The number of rotatable bonds is 5. The Balaban J connectivity index is 2.80. The zero-order valence-electron chi connectivity index (χ0n) is 13.1. The second-order valence-electron chi connectivity index (χ2n) is 5.80. The number of nitrogens with zero attached hydrogens (tertiary/aromatic N) is 4. The summed E-state index contributed by atoms with van der Waals surface area (Å²) in [6.07, 6.45) is 1.50. The topological polar surface area (TPSA) is 87.8 Å². The van der Waals surface area contributed by atoms with Crippen molar-refractivity contribution in [3.8, 4) is 0 Å². The fourth-order valence-corrected chi connectivity index (χ4v) is 2.54. The van der Waals surface area contributed by atoms with Crippen molar-refractivity contribution >= 4 is 11.2 Å². The first-order valence-electron chi connectivity index (χ1n) is 7.23. The van der Waals surface area contributed by atoms with Crippen molar-refractivity contribution in [2.24, 2.45) is 25.7 Å². The SMILES string of the molecule is CC(C)Cn1c(CCCN)nc2c(=O)n(C)c(=O)n(C)c21. The molecule has 21 heavy (non-hydrogen) atoms. The highest BCUT2D eigenvalue weighted by Crippen LogP contribution is 2.15. The molecule has 7 nitrogen and oxygen atoms in total. The molecule has 0 bridgehead atoms. The molecule has 0 atom stereocenters. The lowest BCUT2D eigenvalue weighted by Gasteiger charge is -2.13. The van der Waals surface area contributed by atoms with Crippen LogP contribution in [0.2, 0.25) is 0 Å². The Kier molecular flexibility index (Phi) is 4.32. The zero-order chi connectivity index (χ0) is 15.7. The van der Waals surface area contributed by atoms with Gasteiger partial charge in [0.1, 0.15) is 11.5 Å². The van der Waals surface area contributed by atoms with Crippen LogP contribution in [-0.2, 0) is 27.1 Å². The van der Waals surface area contributed by atoms with Crippen LogP contribution in [0.5, 0.6) is 0 Å². The molecule has 2 N–H and O–H groups in total. The van der Waals surface area contributed by atoms with Crippen LogP contribution in [-0.4, -0.2) is 25.2 Å². The Morgan fingerprint density at radius 2 is 1.86 bits per heavy atom. The molecule has 116 valence electrons. The third-order valence-corrected chi connectivity index (χ3v) is 3.57. The quantitative estimate of drug-likeness (QED) is 0.839. The summed E-state index contributed by atoms with van der Waals surface area (Å²) in [7, 11) is 3.15. The molecular formula is C14H23N5O2. The van der Waals surface area contributed by atoms with Gasteiger partial charge in [-0.15, -0.1) is 0 Å². The number of nitrogens with two attached hydrogens (primary N) is 1. The number of aryl methyl sites for hydroxylation is 2. The summed E-state index contributed by atoms with van der Waals surface area (Å²) in [5.74, 6) is 1.21. The van der Waals surface area contributed by atoms with Crippen LogP contribution in [0.1, 0.15) is 26.1 Å². The van der Waals surface area contributed by atoms with Gasteiger partial charge < -0.3 is 10.3 Å². The fraction of sp³-hybridized carbons (Fsp3) is 0.643. The first kappa shape index (κ1) is 15.5. The smallest absolute Gasteiger partial charge is 0.330 e. The van der Waals surface area contributed by atoms with Crippen LogP contribution in [0, 0.1) is 5.92 Å². The minimum atomic E-state index is -0.343. The summed E-state index contributed by atoms with van der Waals surface area (Å²) in [6.45, 7) is 5.48. The number of aromatic nitrogens is 4. The van der Waals surface area contributed by atoms with Crippen LogP contribution >= 0.6 is 0 Å². The van der Waals surface area contributed by atoms with E-state index in [1.807, 2.05) is 4.57 Å². The van der Waals surface area contributed by atoms with Crippen LogP contribution in [0.15, 0.2) is 9.59 Å². The molecular weight excluding hydrogens is 270 g/mol. The number of imidazole rings is 1. The summed E-state index contributed by atoms with van der Waals surface area (Å²) in [5, 5.41) is 0. The van der Waals surface area contributed by atoms with Gasteiger partial charge in [-0.2, -0.15) is 0 Å². The molecule has 7 heteroatoms. The third-order valence-electron chi connectivity index (χ3n) is 3.57. The van der Waals surface area contributed by atoms with Gasteiger partial charge in [0.05, 0.1) is 0 Å². The van der Waals surface area contributed by atoms with E-state index in [0.717, 1.165) is 23.4 Å². The van der Waals surface area contributed by atoms with Gasteiger partial charge in [0.2, 0.25) is 0 Å². The van der Waals surface area contributed by atoms with Gasteiger partial charge in [-0.05, 0) is 18.9 Å². The van der Waals surface area contributed by atoms with Gasteiger partial charge in [0, 0.05) is 27.1 Å². The van der Waals surface area contributed by atoms with Crippen molar-refractivity contribution < 1.29 is 0 Å². The van der Waals surface area contributed by atoms with Crippen LogP contribution in [0.25, 0.3) is 11.2 Å². The summed E-state index contributed by atoms with van der Waals surface area (Å²) in [4.78, 5) is 28.9. The monoisotopic (exact) mass is 293 g/mol. The maximum Gasteiger partial charge on any atom is 0.332 e. The summed E-state index contributed by atoms with van der Waals surface area (Å²) in [5.41, 5.74) is 5.85. The van der Waals surface area contributed by atoms with Crippen molar-refractivity contribution in [1.29, 1.82) is 0 Å². The second kappa shape index (κ2) is 5.85. The molecule has 0 saturated heterocycles. The van der Waals surface area contributed by atoms with Gasteiger partial charge in [-0.3, -0.25) is 13.9 Å². The van der Waals surface area contributed by atoms with Crippen LogP contribution < -0.4 is 17.0 Å². The summed E-state index contributed by atoms with van der Waals surface area (Å²) >= 11 is 0. The minimum Gasteiger partial charge on any atom is -0.330 e. The van der Waals surface area contributed by atoms with E-state index in [4.69, 9.17) is 5.73 Å². The van der Waals surface area contributed by atoms with Gasteiger partial charge in [0.15, 0.2) is 5.52 Å². The maximum absolute atomic E-state index is 12.3. The van der Waals surface area contributed by atoms with E-state index in [9.17, 15) is 9.59 Å². The van der Waals surface area contributed by atoms with Crippen LogP contribution in [0.4, 0.5) is 0 Å². The minimum absolute atomic E-state index is 0.331. The van der Waals surface area contributed by atoms with Crippen molar-refractivity contribution in [2.45, 2.75) is 33.2 Å². The van der Waals surface area contributed by atoms with Gasteiger partial charge >= 0.3 is 5.69 Å². The van der Waals surface area contributed by atoms with Crippen LogP contribution in [0.3, 0.4) is 0 Å². The molecule has 2 aromatic rings. The van der Waals surface area contributed by atoms with E-state index in [1.54, 1.807) is 7.05 Å². The lowest BCUT2D eigenvalue weighted by molar-refractivity contribution is 0.506. The first-order chi connectivity index (χ1) is 9.88. The third kappa shape index (κ3) is 2.65. The maximum atomic E-state index is 12.3. The second-order valence-corrected chi connectivity index (χ2v) is 5.80. The predicted octanol–water partition coefficient (Wildman–Crippen LogP) is -0.0190. The summed E-state index contributed by atoms with van der Waals surface area (Å²) < 4.78 is 4.58. The van der Waals surface area contributed by atoms with E-state index in [2.05, 4.69) is 18.8 Å². The highest BCUT2D eigenvalue weighted by molar-refractivity contribution is 5.71. The van der Waals surface area contributed by atoms with Crippen molar-refractivity contribution in [3.63, 3.8) is 0 Å². The average Bonchev–Trinajstić information content (AvgIpc) is 2.78. The lowest BCUT2D eigenvalue weighted by Crippen LogP contribution is -2.37.